The number of ether oxygens (including phenoxy) is 2. The van der Waals surface area contributed by atoms with Crippen molar-refractivity contribution in [2.75, 3.05) is 31.4 Å². The van der Waals surface area contributed by atoms with Gasteiger partial charge in [0.25, 0.3) is 0 Å². The molecule has 8 heteroatoms. The monoisotopic (exact) mass is 357 g/mol. The Balaban J connectivity index is 1.83. The summed E-state index contributed by atoms with van der Waals surface area (Å²) in [5.74, 6) is -1.17. The van der Waals surface area contributed by atoms with Gasteiger partial charge in [-0.2, -0.15) is 0 Å². The van der Waals surface area contributed by atoms with E-state index in [1.165, 1.54) is 14.2 Å². The van der Waals surface area contributed by atoms with E-state index in [4.69, 9.17) is 9.47 Å². The molecule has 0 radical (unpaired) electrons. The molecule has 0 heterocycles. The second-order valence-corrected chi connectivity index (χ2v) is 5.11. The molecule has 0 aromatic heterocycles. The summed E-state index contributed by atoms with van der Waals surface area (Å²) in [6, 6.07) is 13.3. The number of methoxy groups -OCH3 is 2. The maximum atomic E-state index is 11.9. The Hall–Kier alpha value is -3.55. The Morgan fingerprint density at radius 1 is 0.846 bits per heavy atom. The Bertz CT molecular complexity index is 790. The van der Waals surface area contributed by atoms with E-state index in [1.54, 1.807) is 48.5 Å². The molecule has 0 spiro atoms. The van der Waals surface area contributed by atoms with Gasteiger partial charge >= 0.3 is 11.8 Å². The minimum Gasteiger partial charge on any atom is -0.497 e. The molecule has 0 bridgehead atoms. The summed E-state index contributed by atoms with van der Waals surface area (Å²) >= 11 is 0. The Kier molecular flexibility index (Phi) is 6.55. The zero-order chi connectivity index (χ0) is 18.9. The van der Waals surface area contributed by atoms with Crippen molar-refractivity contribution in [3.05, 3.63) is 48.5 Å². The molecule has 0 fully saturated rings. The number of hydrogen-bond acceptors (Lipinski definition) is 5. The van der Waals surface area contributed by atoms with E-state index in [-0.39, 0.29) is 6.54 Å². The van der Waals surface area contributed by atoms with Crippen molar-refractivity contribution in [1.82, 2.24) is 5.32 Å². The number of hydrogen-bond donors (Lipinski definition) is 3. The fraction of sp³-hybridized carbons (Fsp3) is 0.167. The van der Waals surface area contributed by atoms with Crippen LogP contribution in [0.15, 0.2) is 48.5 Å². The van der Waals surface area contributed by atoms with Crippen LogP contribution < -0.4 is 25.4 Å². The zero-order valence-corrected chi connectivity index (χ0v) is 14.4. The Labute approximate surface area is 150 Å². The first-order valence-corrected chi connectivity index (χ1v) is 7.69. The third-order valence-corrected chi connectivity index (χ3v) is 3.34. The maximum Gasteiger partial charge on any atom is 0.313 e. The van der Waals surface area contributed by atoms with Crippen LogP contribution in [0, 0.1) is 0 Å². The Morgan fingerprint density at radius 2 is 1.54 bits per heavy atom. The first-order valence-electron chi connectivity index (χ1n) is 7.69. The topological polar surface area (TPSA) is 106 Å². The van der Waals surface area contributed by atoms with Crippen molar-refractivity contribution < 1.29 is 23.9 Å². The minimum atomic E-state index is -0.920. The highest BCUT2D eigenvalue weighted by Gasteiger charge is 2.15. The molecule has 8 nitrogen and oxygen atoms in total. The molecule has 2 aromatic carbocycles. The van der Waals surface area contributed by atoms with Gasteiger partial charge in [-0.1, -0.05) is 12.1 Å². The number of rotatable bonds is 6. The Morgan fingerprint density at radius 3 is 2.19 bits per heavy atom. The lowest BCUT2D eigenvalue weighted by Gasteiger charge is -2.10. The van der Waals surface area contributed by atoms with Crippen molar-refractivity contribution in [3.63, 3.8) is 0 Å². The predicted molar refractivity (Wildman–Crippen MR) is 96.3 cm³/mol. The molecule has 3 N–H and O–H groups in total. The van der Waals surface area contributed by atoms with Crippen molar-refractivity contribution in [1.29, 1.82) is 0 Å². The molecular formula is C18H19N3O5. The van der Waals surface area contributed by atoms with Crippen LogP contribution in [0.3, 0.4) is 0 Å². The van der Waals surface area contributed by atoms with Crippen molar-refractivity contribution in [2.45, 2.75) is 0 Å². The predicted octanol–water partition coefficient (Wildman–Crippen LogP) is 1.40. The molecule has 0 saturated heterocycles. The van der Waals surface area contributed by atoms with Crippen LogP contribution in [0.5, 0.6) is 11.5 Å². The van der Waals surface area contributed by atoms with E-state index < -0.39 is 17.7 Å². The molecule has 26 heavy (non-hydrogen) atoms. The van der Waals surface area contributed by atoms with Gasteiger partial charge in [0.05, 0.1) is 26.5 Å². The average Bonchev–Trinajstić information content (AvgIpc) is 2.67. The summed E-state index contributed by atoms with van der Waals surface area (Å²) in [5, 5.41) is 7.27. The second-order valence-electron chi connectivity index (χ2n) is 5.11. The van der Waals surface area contributed by atoms with E-state index in [0.717, 1.165) is 0 Å². The van der Waals surface area contributed by atoms with E-state index in [1.807, 2.05) is 0 Å². The zero-order valence-electron chi connectivity index (χ0n) is 14.4. The lowest BCUT2D eigenvalue weighted by molar-refractivity contribution is -0.136. The largest absolute Gasteiger partial charge is 0.497 e. The average molecular weight is 357 g/mol. The van der Waals surface area contributed by atoms with Gasteiger partial charge in [-0.05, 0) is 36.4 Å². The van der Waals surface area contributed by atoms with Crippen LogP contribution in [-0.2, 0) is 14.4 Å². The maximum absolute atomic E-state index is 11.9. The fourth-order valence-corrected chi connectivity index (χ4v) is 2.05. The van der Waals surface area contributed by atoms with Gasteiger partial charge in [0.1, 0.15) is 11.5 Å². The van der Waals surface area contributed by atoms with Crippen LogP contribution in [0.25, 0.3) is 0 Å². The normalized spacial score (nSPS) is 9.77. The number of benzene rings is 2. The molecule has 136 valence electrons. The molecule has 0 aliphatic rings. The van der Waals surface area contributed by atoms with Crippen LogP contribution in [-0.4, -0.2) is 38.5 Å². The van der Waals surface area contributed by atoms with Crippen molar-refractivity contribution >= 4 is 29.1 Å². The quantitative estimate of drug-likeness (QED) is 0.678. The van der Waals surface area contributed by atoms with E-state index >= 15 is 0 Å². The second kappa shape index (κ2) is 9.07. The van der Waals surface area contributed by atoms with Crippen LogP contribution >= 0.6 is 0 Å². The van der Waals surface area contributed by atoms with Crippen LogP contribution in [0.4, 0.5) is 11.4 Å². The standard InChI is InChI=1S/C18H19N3O5/c1-25-13-9-7-12(8-10-13)20-18(24)17(23)19-11-16(22)21-14-5-3-4-6-15(14)26-2/h3-10H,11H2,1-2H3,(H,19,23)(H,20,24)(H,21,22). The van der Waals surface area contributed by atoms with Crippen molar-refractivity contribution in [3.8, 4) is 11.5 Å². The summed E-state index contributed by atoms with van der Waals surface area (Å²) in [6.07, 6.45) is 0. The lowest BCUT2D eigenvalue weighted by Crippen LogP contribution is -2.39. The fourth-order valence-electron chi connectivity index (χ4n) is 2.05. The molecule has 0 saturated carbocycles. The third kappa shape index (κ3) is 5.23. The summed E-state index contributed by atoms with van der Waals surface area (Å²) in [4.78, 5) is 35.5. The summed E-state index contributed by atoms with van der Waals surface area (Å²) in [7, 11) is 3.01. The van der Waals surface area contributed by atoms with E-state index in [0.29, 0.717) is 22.9 Å². The van der Waals surface area contributed by atoms with E-state index in [2.05, 4.69) is 16.0 Å². The van der Waals surface area contributed by atoms with Gasteiger partial charge in [0.15, 0.2) is 0 Å². The molecule has 0 aliphatic heterocycles. The summed E-state index contributed by atoms with van der Waals surface area (Å²) in [6.45, 7) is -0.354. The van der Waals surface area contributed by atoms with Gasteiger partial charge in [0, 0.05) is 5.69 Å². The number of para-hydroxylation sites is 2. The first kappa shape index (κ1) is 18.8. The third-order valence-electron chi connectivity index (χ3n) is 3.34. The minimum absolute atomic E-state index is 0.354. The van der Waals surface area contributed by atoms with Crippen LogP contribution in [0.2, 0.25) is 0 Å². The smallest absolute Gasteiger partial charge is 0.313 e. The van der Waals surface area contributed by atoms with Gasteiger partial charge in [-0.3, -0.25) is 14.4 Å². The number of carbonyl (C=O) groups excluding carboxylic acids is 3. The van der Waals surface area contributed by atoms with E-state index in [9.17, 15) is 14.4 Å². The molecule has 2 aromatic rings. The molecule has 0 aliphatic carbocycles. The highest BCUT2D eigenvalue weighted by Crippen LogP contribution is 2.22. The highest BCUT2D eigenvalue weighted by atomic mass is 16.5. The molecule has 2 rings (SSSR count). The number of carbonyl (C=O) groups is 3. The number of amides is 3. The van der Waals surface area contributed by atoms with Crippen LogP contribution in [0.1, 0.15) is 0 Å². The number of nitrogens with one attached hydrogen (secondary N) is 3. The van der Waals surface area contributed by atoms with Gasteiger partial charge < -0.3 is 25.4 Å². The summed E-state index contributed by atoms with van der Waals surface area (Å²) < 4.78 is 10.1. The van der Waals surface area contributed by atoms with Gasteiger partial charge in [-0.15, -0.1) is 0 Å². The molecular weight excluding hydrogens is 338 g/mol. The molecule has 0 unspecified atom stereocenters. The first-order chi connectivity index (χ1) is 12.5. The SMILES string of the molecule is COc1ccc(NC(=O)C(=O)NCC(=O)Nc2ccccc2OC)cc1. The molecule has 0 atom stereocenters. The highest BCUT2D eigenvalue weighted by molar-refractivity contribution is 6.39. The number of anilines is 2. The molecule has 3 amide bonds. The summed E-state index contributed by atoms with van der Waals surface area (Å²) in [5.41, 5.74) is 0.904. The lowest BCUT2D eigenvalue weighted by atomic mass is 10.3. The van der Waals surface area contributed by atoms with Crippen molar-refractivity contribution in [2.24, 2.45) is 0 Å². The van der Waals surface area contributed by atoms with Gasteiger partial charge in [-0.25, -0.2) is 0 Å². The van der Waals surface area contributed by atoms with Gasteiger partial charge in [0.2, 0.25) is 5.91 Å².